The maximum Gasteiger partial charge on any atom is 0.179 e. The first kappa shape index (κ1) is 36.9. The second-order valence-electron chi connectivity index (χ2n) is 16.8. The second kappa shape index (κ2) is 14.7. The number of hydrogen-bond donors (Lipinski definition) is 0. The van der Waals surface area contributed by atoms with Crippen LogP contribution in [0.5, 0.6) is 0 Å². The average molecular weight is 849 g/mol. The molecule has 300 valence electrons. The molecule has 0 N–H and O–H groups in total. The van der Waals surface area contributed by atoms with Gasteiger partial charge >= 0.3 is 0 Å². The van der Waals surface area contributed by atoms with Gasteiger partial charge in [0.05, 0.1) is 22.1 Å². The predicted molar refractivity (Wildman–Crippen MR) is 277 cm³/mol. The number of nitrogens with zero attached hydrogens (tertiary/aromatic N) is 2. The number of para-hydroxylation sites is 2. The molecule has 2 nitrogen and oxygen atoms in total. The van der Waals surface area contributed by atoms with E-state index in [-0.39, 0.29) is 0 Å². The van der Waals surface area contributed by atoms with Crippen LogP contribution in [0.25, 0.3) is 86.3 Å². The van der Waals surface area contributed by atoms with Crippen molar-refractivity contribution in [2.45, 2.75) is 0 Å². The van der Waals surface area contributed by atoms with Gasteiger partial charge in [0.25, 0.3) is 0 Å². The van der Waals surface area contributed by atoms with E-state index in [1.165, 1.54) is 95.7 Å². The highest BCUT2D eigenvalue weighted by Crippen LogP contribution is 2.42. The van der Waals surface area contributed by atoms with Crippen molar-refractivity contribution in [2.24, 2.45) is 0 Å². The molecule has 0 saturated carbocycles. The molecule has 3 heterocycles. The van der Waals surface area contributed by atoms with E-state index < -0.39 is 8.07 Å². The Kier molecular flexibility index (Phi) is 8.45. The highest BCUT2D eigenvalue weighted by molar-refractivity contribution is 7.26. The van der Waals surface area contributed by atoms with Crippen LogP contribution in [0.4, 0.5) is 0 Å². The fourth-order valence-corrected chi connectivity index (χ4v) is 16.7. The Hall–Kier alpha value is -7.76. The number of hydrogen-bond acceptors (Lipinski definition) is 1. The predicted octanol–water partition coefficient (Wildman–Crippen LogP) is 13.3. The molecule has 13 aromatic rings. The summed E-state index contributed by atoms with van der Waals surface area (Å²) in [7, 11) is -2.68. The molecule has 13 rings (SSSR count). The van der Waals surface area contributed by atoms with E-state index in [4.69, 9.17) is 0 Å². The molecule has 0 aliphatic rings. The molecule has 0 unspecified atom stereocenters. The van der Waals surface area contributed by atoms with Crippen molar-refractivity contribution >= 4 is 104 Å². The minimum Gasteiger partial charge on any atom is -0.309 e. The smallest absolute Gasteiger partial charge is 0.179 e. The van der Waals surface area contributed by atoms with Crippen LogP contribution in [0.15, 0.2) is 243 Å². The number of thiophene rings is 1. The van der Waals surface area contributed by atoms with Gasteiger partial charge in [0.15, 0.2) is 8.07 Å². The monoisotopic (exact) mass is 848 g/mol. The van der Waals surface area contributed by atoms with E-state index in [9.17, 15) is 0 Å². The Balaban J connectivity index is 1.01. The molecule has 0 bridgehead atoms. The average Bonchev–Trinajstić information content (AvgIpc) is 4.03. The van der Waals surface area contributed by atoms with E-state index in [2.05, 4.69) is 252 Å². The standard InChI is InChI=1S/C60H40N2SSi/c1-4-17-44(18-5-1)64(45-19-6-2-7-20-45,46-21-8-3-9-22-46)47-35-32-42(33-36-47)61-55-28-13-10-24-50(55)52-38-34-43(40-58(52)61)62-56-29-14-11-23-49(56)51-37-31-41(39-57(51)62)48-26-16-27-54-53-25-12-15-30-59(53)63-60(48)54/h1-40H. The quantitative estimate of drug-likeness (QED) is 0.112. The molecule has 0 spiro atoms. The van der Waals surface area contributed by atoms with Gasteiger partial charge in [0.2, 0.25) is 0 Å². The first-order valence-corrected chi connectivity index (χ1v) is 24.8. The van der Waals surface area contributed by atoms with Crippen molar-refractivity contribution < 1.29 is 0 Å². The van der Waals surface area contributed by atoms with Crippen LogP contribution >= 0.6 is 11.3 Å². The molecule has 0 radical (unpaired) electrons. The van der Waals surface area contributed by atoms with Gasteiger partial charge in [-0.3, -0.25) is 0 Å². The SMILES string of the molecule is c1ccc([Si](c2ccccc2)(c2ccccc2)c2ccc(-n3c4ccccc4c4ccc(-n5c6ccccc6c6ccc(-c7cccc8c7sc7ccccc78)cc65)cc43)cc2)cc1. The number of aromatic nitrogens is 2. The molecule has 0 fully saturated rings. The Morgan fingerprint density at radius 3 is 1.38 bits per heavy atom. The number of fused-ring (bicyclic) bond motifs is 9. The molecule has 0 saturated heterocycles. The number of rotatable bonds is 7. The van der Waals surface area contributed by atoms with Crippen LogP contribution < -0.4 is 20.7 Å². The van der Waals surface area contributed by atoms with Crippen LogP contribution in [0, 0.1) is 0 Å². The first-order valence-electron chi connectivity index (χ1n) is 22.0. The van der Waals surface area contributed by atoms with Crippen LogP contribution in [-0.2, 0) is 0 Å². The molecule has 0 aliphatic heterocycles. The fourth-order valence-electron chi connectivity index (χ4n) is 10.7. The van der Waals surface area contributed by atoms with Gasteiger partial charge in [0.1, 0.15) is 0 Å². The van der Waals surface area contributed by atoms with Gasteiger partial charge in [0, 0.05) is 53.1 Å². The molecule has 64 heavy (non-hydrogen) atoms. The Morgan fingerprint density at radius 1 is 0.297 bits per heavy atom. The summed E-state index contributed by atoms with van der Waals surface area (Å²) in [5, 5.41) is 13.1. The lowest BCUT2D eigenvalue weighted by atomic mass is 10.0. The van der Waals surface area contributed by atoms with Gasteiger partial charge in [-0.25, -0.2) is 0 Å². The summed E-state index contributed by atoms with van der Waals surface area (Å²) in [6.45, 7) is 0. The highest BCUT2D eigenvalue weighted by Gasteiger charge is 2.41. The molecule has 4 heteroatoms. The Bertz CT molecular complexity index is 3790. The number of benzene rings is 10. The van der Waals surface area contributed by atoms with Crippen molar-refractivity contribution in [3.63, 3.8) is 0 Å². The van der Waals surface area contributed by atoms with Crippen LogP contribution in [0.3, 0.4) is 0 Å². The molecule has 0 amide bonds. The summed E-state index contributed by atoms with van der Waals surface area (Å²) in [4.78, 5) is 0. The topological polar surface area (TPSA) is 9.86 Å². The van der Waals surface area contributed by atoms with E-state index in [1.54, 1.807) is 0 Å². The largest absolute Gasteiger partial charge is 0.309 e. The minimum absolute atomic E-state index is 1.14. The van der Waals surface area contributed by atoms with E-state index in [0.29, 0.717) is 0 Å². The fraction of sp³-hybridized carbons (Fsp3) is 0. The van der Waals surface area contributed by atoms with E-state index in [1.807, 2.05) is 11.3 Å². The first-order chi connectivity index (χ1) is 31.8. The lowest BCUT2D eigenvalue weighted by molar-refractivity contribution is 1.16. The molecular weight excluding hydrogens is 809 g/mol. The lowest BCUT2D eigenvalue weighted by Crippen LogP contribution is -2.74. The van der Waals surface area contributed by atoms with Gasteiger partial charge in [-0.1, -0.05) is 194 Å². The van der Waals surface area contributed by atoms with Crippen molar-refractivity contribution in [1.82, 2.24) is 9.13 Å². The molecule has 0 aliphatic carbocycles. The van der Waals surface area contributed by atoms with Crippen LogP contribution in [0.2, 0.25) is 0 Å². The van der Waals surface area contributed by atoms with Crippen LogP contribution in [0.1, 0.15) is 0 Å². The van der Waals surface area contributed by atoms with E-state index in [0.717, 1.165) is 11.4 Å². The minimum atomic E-state index is -2.68. The molecular formula is C60H40N2SSi. The lowest BCUT2D eigenvalue weighted by Gasteiger charge is -2.34. The zero-order valence-electron chi connectivity index (χ0n) is 34.9. The van der Waals surface area contributed by atoms with Gasteiger partial charge < -0.3 is 9.13 Å². The summed E-state index contributed by atoms with van der Waals surface area (Å²) >= 11 is 1.89. The summed E-state index contributed by atoms with van der Waals surface area (Å²) < 4.78 is 7.60. The Morgan fingerprint density at radius 2 is 0.750 bits per heavy atom. The summed E-state index contributed by atoms with van der Waals surface area (Å²) in [5.74, 6) is 0. The van der Waals surface area contributed by atoms with Crippen molar-refractivity contribution in [3.8, 4) is 22.5 Å². The van der Waals surface area contributed by atoms with Crippen molar-refractivity contribution in [3.05, 3.63) is 243 Å². The summed E-state index contributed by atoms with van der Waals surface area (Å²) in [6.07, 6.45) is 0. The van der Waals surface area contributed by atoms with Crippen molar-refractivity contribution in [1.29, 1.82) is 0 Å². The maximum atomic E-state index is 2.48. The third kappa shape index (κ3) is 5.50. The second-order valence-corrected chi connectivity index (χ2v) is 21.7. The third-order valence-electron chi connectivity index (χ3n) is 13.5. The van der Waals surface area contributed by atoms with Gasteiger partial charge in [-0.15, -0.1) is 11.3 Å². The molecule has 3 aromatic heterocycles. The van der Waals surface area contributed by atoms with Gasteiger partial charge in [-0.05, 0) is 80.4 Å². The van der Waals surface area contributed by atoms with Crippen LogP contribution in [-0.4, -0.2) is 17.2 Å². The summed E-state index contributed by atoms with van der Waals surface area (Å²) in [5.41, 5.74) is 9.56. The Labute approximate surface area is 376 Å². The third-order valence-corrected chi connectivity index (χ3v) is 19.5. The molecule has 10 aromatic carbocycles. The zero-order valence-corrected chi connectivity index (χ0v) is 36.7. The summed E-state index contributed by atoms with van der Waals surface area (Å²) in [6, 6.07) is 90.4. The van der Waals surface area contributed by atoms with Gasteiger partial charge in [-0.2, -0.15) is 0 Å². The van der Waals surface area contributed by atoms with E-state index >= 15 is 0 Å². The zero-order chi connectivity index (χ0) is 42.2. The van der Waals surface area contributed by atoms with Crippen molar-refractivity contribution in [2.75, 3.05) is 0 Å². The highest BCUT2D eigenvalue weighted by atomic mass is 32.1. The molecule has 0 atom stereocenters. The normalized spacial score (nSPS) is 12.1. The maximum absolute atomic E-state index is 2.68.